The molecule has 8 nitrogen and oxygen atoms in total. The molecule has 0 aromatic heterocycles. The van der Waals surface area contributed by atoms with Crippen LogP contribution in [0.1, 0.15) is 70.2 Å². The number of carbonyl (C=O) groups excluding carboxylic acids is 1. The van der Waals surface area contributed by atoms with E-state index in [1.54, 1.807) is 0 Å². The van der Waals surface area contributed by atoms with Gasteiger partial charge in [0.2, 0.25) is 0 Å². The van der Waals surface area contributed by atoms with Gasteiger partial charge in [-0.1, -0.05) is 18.9 Å². The molecule has 168 valence electrons. The minimum Gasteiger partial charge on any atom is -0.478 e. The topological polar surface area (TPSA) is 119 Å². The fraction of sp³-hybridized carbons (Fsp3) is 0.545. The van der Waals surface area contributed by atoms with Gasteiger partial charge in [0, 0.05) is 12.1 Å². The average molecular weight is 423 g/mol. The van der Waals surface area contributed by atoms with E-state index >= 15 is 0 Å². The van der Waals surface area contributed by atoms with E-state index in [1.807, 2.05) is 33.8 Å². The Hall–Kier alpha value is -2.74. The lowest BCUT2D eigenvalue weighted by Crippen LogP contribution is -2.39. The SMILES string of the molecule is C=CCCCCCCNC(C)C(=O)OC(C)(C)C.O=C(O)c1ccc([N+](=O)[O-])cc1. The molecular formula is C22H34N2O6. The number of carboxylic acids is 1. The van der Waals surface area contributed by atoms with Crippen molar-refractivity contribution in [2.45, 2.75) is 71.4 Å². The quantitative estimate of drug-likeness (QED) is 0.174. The number of carbonyl (C=O) groups is 2. The second-order valence-electron chi connectivity index (χ2n) is 7.81. The maximum Gasteiger partial charge on any atom is 0.335 e. The van der Waals surface area contributed by atoms with Gasteiger partial charge in [0.05, 0.1) is 10.5 Å². The number of carboxylic acid groups (broad SMARTS) is 1. The standard InChI is InChI=1S/C15H29NO2.C7H5NO4/c1-6-7-8-9-10-11-12-16-13(2)14(17)18-15(3,4)5;9-7(10)5-1-3-6(4-2-5)8(11)12/h6,13,16H,1,7-12H2,2-5H3;1-4H,(H,9,10). The third-order valence-corrected chi connectivity index (χ3v) is 3.87. The van der Waals surface area contributed by atoms with E-state index < -0.39 is 16.5 Å². The Bertz CT molecular complexity index is 647. The summed E-state index contributed by atoms with van der Waals surface area (Å²) in [6, 6.07) is 4.48. The van der Waals surface area contributed by atoms with Crippen LogP contribution in [-0.4, -0.2) is 40.2 Å². The molecule has 1 unspecified atom stereocenters. The molecule has 1 rings (SSSR count). The first-order valence-electron chi connectivity index (χ1n) is 10.0. The van der Waals surface area contributed by atoms with Gasteiger partial charge in [-0.3, -0.25) is 14.9 Å². The van der Waals surface area contributed by atoms with E-state index in [0.29, 0.717) is 0 Å². The van der Waals surface area contributed by atoms with Crippen molar-refractivity contribution in [2.24, 2.45) is 0 Å². The van der Waals surface area contributed by atoms with Gasteiger partial charge in [-0.15, -0.1) is 6.58 Å². The van der Waals surface area contributed by atoms with Crippen LogP contribution in [0.4, 0.5) is 5.69 Å². The number of allylic oxidation sites excluding steroid dienone is 1. The largest absolute Gasteiger partial charge is 0.478 e. The number of non-ortho nitro benzene ring substituents is 1. The van der Waals surface area contributed by atoms with Crippen molar-refractivity contribution in [1.82, 2.24) is 5.32 Å². The number of hydrogen-bond donors (Lipinski definition) is 2. The molecule has 0 fully saturated rings. The van der Waals surface area contributed by atoms with Gasteiger partial charge >= 0.3 is 11.9 Å². The van der Waals surface area contributed by atoms with Gasteiger partial charge in [-0.05, 0) is 65.6 Å². The summed E-state index contributed by atoms with van der Waals surface area (Å²) in [7, 11) is 0. The fourth-order valence-electron chi connectivity index (χ4n) is 2.29. The van der Waals surface area contributed by atoms with E-state index in [9.17, 15) is 19.7 Å². The van der Waals surface area contributed by atoms with Crippen LogP contribution in [0.25, 0.3) is 0 Å². The second-order valence-corrected chi connectivity index (χ2v) is 7.81. The number of rotatable bonds is 11. The minimum absolute atomic E-state index is 0.0422. The Morgan fingerprint density at radius 3 is 2.23 bits per heavy atom. The van der Waals surface area contributed by atoms with Gasteiger partial charge in [-0.25, -0.2) is 4.79 Å². The fourth-order valence-corrected chi connectivity index (χ4v) is 2.29. The molecule has 0 aliphatic heterocycles. The summed E-state index contributed by atoms with van der Waals surface area (Å²) in [5.41, 5.74) is -0.474. The van der Waals surface area contributed by atoms with Crippen LogP contribution in [0, 0.1) is 10.1 Å². The lowest BCUT2D eigenvalue weighted by Gasteiger charge is -2.22. The van der Waals surface area contributed by atoms with Gasteiger partial charge < -0.3 is 15.2 Å². The molecule has 0 amide bonds. The predicted octanol–water partition coefficient (Wildman–Crippen LogP) is 4.74. The lowest BCUT2D eigenvalue weighted by molar-refractivity contribution is -0.384. The van der Waals surface area contributed by atoms with Crippen LogP contribution in [-0.2, 0) is 9.53 Å². The summed E-state index contributed by atoms with van der Waals surface area (Å²) in [6.07, 6.45) is 7.80. The zero-order chi connectivity index (χ0) is 23.2. The van der Waals surface area contributed by atoms with Gasteiger partial charge in [-0.2, -0.15) is 0 Å². The molecule has 2 N–H and O–H groups in total. The molecule has 1 atom stereocenters. The number of nitrogens with one attached hydrogen (secondary N) is 1. The number of esters is 1. The number of nitro benzene ring substituents is 1. The first-order valence-corrected chi connectivity index (χ1v) is 10.0. The zero-order valence-corrected chi connectivity index (χ0v) is 18.3. The van der Waals surface area contributed by atoms with Crippen LogP contribution in [0.2, 0.25) is 0 Å². The summed E-state index contributed by atoms with van der Waals surface area (Å²) in [5.74, 6) is -1.26. The third kappa shape index (κ3) is 13.4. The normalized spacial score (nSPS) is 11.6. The smallest absolute Gasteiger partial charge is 0.335 e. The van der Waals surface area contributed by atoms with Crippen LogP contribution in [0.5, 0.6) is 0 Å². The molecule has 0 aliphatic carbocycles. The molecule has 8 heteroatoms. The van der Waals surface area contributed by atoms with Crippen LogP contribution in [0.15, 0.2) is 36.9 Å². The van der Waals surface area contributed by atoms with E-state index in [2.05, 4.69) is 11.9 Å². The molecule has 1 aromatic rings. The average Bonchev–Trinajstić information content (AvgIpc) is 2.66. The highest BCUT2D eigenvalue weighted by atomic mass is 16.6. The Morgan fingerprint density at radius 2 is 1.77 bits per heavy atom. The zero-order valence-electron chi connectivity index (χ0n) is 18.3. The molecule has 0 spiro atoms. The van der Waals surface area contributed by atoms with Crippen molar-refractivity contribution >= 4 is 17.6 Å². The predicted molar refractivity (Wildman–Crippen MR) is 117 cm³/mol. The number of benzene rings is 1. The Kier molecular flexibility index (Phi) is 13.0. The van der Waals surface area contributed by atoms with E-state index in [4.69, 9.17) is 9.84 Å². The lowest BCUT2D eigenvalue weighted by atomic mass is 10.1. The molecule has 0 saturated carbocycles. The maximum absolute atomic E-state index is 11.7. The maximum atomic E-state index is 11.7. The van der Waals surface area contributed by atoms with Crippen LogP contribution in [0.3, 0.4) is 0 Å². The van der Waals surface area contributed by atoms with Crippen molar-refractivity contribution in [2.75, 3.05) is 6.54 Å². The first-order chi connectivity index (χ1) is 14.0. The van der Waals surface area contributed by atoms with Gasteiger partial charge in [0.1, 0.15) is 11.6 Å². The molecule has 0 saturated heterocycles. The molecule has 0 heterocycles. The van der Waals surface area contributed by atoms with Crippen molar-refractivity contribution in [3.05, 3.63) is 52.6 Å². The third-order valence-electron chi connectivity index (χ3n) is 3.87. The molecule has 30 heavy (non-hydrogen) atoms. The minimum atomic E-state index is -1.09. The summed E-state index contributed by atoms with van der Waals surface area (Å²) < 4.78 is 5.30. The Balaban J connectivity index is 0.000000604. The number of unbranched alkanes of at least 4 members (excludes halogenated alkanes) is 4. The number of nitro groups is 1. The second kappa shape index (κ2) is 14.3. The highest BCUT2D eigenvalue weighted by Gasteiger charge is 2.20. The van der Waals surface area contributed by atoms with Crippen molar-refractivity contribution < 1.29 is 24.4 Å². The van der Waals surface area contributed by atoms with Gasteiger partial charge in [0.15, 0.2) is 0 Å². The van der Waals surface area contributed by atoms with E-state index in [-0.39, 0.29) is 23.3 Å². The Morgan fingerprint density at radius 1 is 1.20 bits per heavy atom. The monoisotopic (exact) mass is 422 g/mol. The van der Waals surface area contributed by atoms with Crippen molar-refractivity contribution in [1.29, 1.82) is 0 Å². The summed E-state index contributed by atoms with van der Waals surface area (Å²) in [4.78, 5) is 31.5. The molecule has 0 radical (unpaired) electrons. The van der Waals surface area contributed by atoms with Crippen molar-refractivity contribution in [3.8, 4) is 0 Å². The number of hydrogen-bond acceptors (Lipinski definition) is 6. The van der Waals surface area contributed by atoms with Crippen LogP contribution < -0.4 is 5.32 Å². The molecule has 1 aromatic carbocycles. The molecule has 0 bridgehead atoms. The molecule has 0 aliphatic rings. The van der Waals surface area contributed by atoms with Crippen LogP contribution >= 0.6 is 0 Å². The number of ether oxygens (including phenoxy) is 1. The molecular weight excluding hydrogens is 388 g/mol. The summed E-state index contributed by atoms with van der Waals surface area (Å²) in [6.45, 7) is 12.1. The van der Waals surface area contributed by atoms with Crippen molar-refractivity contribution in [3.63, 3.8) is 0 Å². The summed E-state index contributed by atoms with van der Waals surface area (Å²) in [5, 5.41) is 21.8. The number of nitrogens with zero attached hydrogens (tertiary/aromatic N) is 1. The Labute approximate surface area is 178 Å². The van der Waals surface area contributed by atoms with E-state index in [1.165, 1.54) is 31.4 Å². The highest BCUT2D eigenvalue weighted by Crippen LogP contribution is 2.11. The highest BCUT2D eigenvalue weighted by molar-refractivity contribution is 5.87. The summed E-state index contributed by atoms with van der Waals surface area (Å²) >= 11 is 0. The first kappa shape index (κ1) is 27.3. The van der Waals surface area contributed by atoms with E-state index in [0.717, 1.165) is 31.5 Å². The number of aromatic carboxylic acids is 1. The van der Waals surface area contributed by atoms with Gasteiger partial charge in [0.25, 0.3) is 5.69 Å².